The normalized spacial score (nSPS) is 36.8. The number of carbonyl (C=O) groups is 1. The van der Waals surface area contributed by atoms with E-state index in [0.717, 1.165) is 52.6 Å². The minimum absolute atomic E-state index is 0.193. The number of hydrogen-bond acceptors (Lipinski definition) is 3. The van der Waals surface area contributed by atoms with E-state index in [1.54, 1.807) is 0 Å². The third-order valence-corrected chi connectivity index (χ3v) is 9.95. The predicted molar refractivity (Wildman–Crippen MR) is 129 cm³/mol. The van der Waals surface area contributed by atoms with Crippen LogP contribution in [0.5, 0.6) is 0 Å². The van der Waals surface area contributed by atoms with Crippen molar-refractivity contribution < 1.29 is 4.79 Å². The van der Waals surface area contributed by atoms with Crippen LogP contribution in [-0.4, -0.2) is 20.5 Å². The molecule has 2 heterocycles. The van der Waals surface area contributed by atoms with Gasteiger partial charge in [0.25, 0.3) is 0 Å². The standard InChI is InChI=1S/C28H41N3O/c1-5-7-21-19(6-2)8-9-23-22(21)12-13-28(4)24(23)10-11-25(28)27(32)17-31-16-20-14-18(3)29-15-26(20)30-31/h14-16,19,21-25H,5-13,17H2,1-4H3. The van der Waals surface area contributed by atoms with E-state index >= 15 is 0 Å². The molecule has 4 nitrogen and oxygen atoms in total. The highest BCUT2D eigenvalue weighted by molar-refractivity contribution is 5.83. The molecule has 2 aromatic rings. The van der Waals surface area contributed by atoms with Crippen LogP contribution in [0, 0.1) is 47.8 Å². The van der Waals surface area contributed by atoms with Crippen molar-refractivity contribution in [3.8, 4) is 0 Å². The van der Waals surface area contributed by atoms with Crippen LogP contribution >= 0.6 is 0 Å². The molecule has 7 unspecified atom stereocenters. The number of ketones is 1. The van der Waals surface area contributed by atoms with Crippen LogP contribution in [0.2, 0.25) is 0 Å². The van der Waals surface area contributed by atoms with Crippen LogP contribution in [-0.2, 0) is 11.3 Å². The van der Waals surface area contributed by atoms with Gasteiger partial charge in [0.05, 0.1) is 12.7 Å². The van der Waals surface area contributed by atoms with Gasteiger partial charge in [-0.25, -0.2) is 0 Å². The lowest BCUT2D eigenvalue weighted by Crippen LogP contribution is -2.48. The third-order valence-electron chi connectivity index (χ3n) is 9.95. The van der Waals surface area contributed by atoms with Gasteiger partial charge in [-0.05, 0) is 86.5 Å². The van der Waals surface area contributed by atoms with Crippen LogP contribution in [0.15, 0.2) is 18.5 Å². The van der Waals surface area contributed by atoms with Gasteiger partial charge in [0.15, 0.2) is 5.78 Å². The lowest BCUT2D eigenvalue weighted by Gasteiger charge is -2.54. The molecule has 4 heteroatoms. The van der Waals surface area contributed by atoms with Gasteiger partial charge < -0.3 is 0 Å². The minimum atomic E-state index is 0.193. The molecule has 0 saturated heterocycles. The van der Waals surface area contributed by atoms with Crippen molar-refractivity contribution in [2.75, 3.05) is 0 Å². The molecule has 7 atom stereocenters. The van der Waals surface area contributed by atoms with E-state index in [1.165, 1.54) is 51.4 Å². The minimum Gasteiger partial charge on any atom is -0.297 e. The first-order valence-corrected chi connectivity index (χ1v) is 13.3. The average Bonchev–Trinajstić information content (AvgIpc) is 3.33. The Morgan fingerprint density at radius 2 is 2.00 bits per heavy atom. The molecule has 0 bridgehead atoms. The Balaban J connectivity index is 1.33. The molecule has 3 fully saturated rings. The maximum atomic E-state index is 13.6. The van der Waals surface area contributed by atoms with Crippen molar-refractivity contribution in [2.24, 2.45) is 40.9 Å². The van der Waals surface area contributed by atoms with Crippen LogP contribution in [0.3, 0.4) is 0 Å². The van der Waals surface area contributed by atoms with E-state index < -0.39 is 0 Å². The number of pyridine rings is 1. The zero-order chi connectivity index (χ0) is 22.5. The summed E-state index contributed by atoms with van der Waals surface area (Å²) in [6, 6.07) is 2.05. The summed E-state index contributed by atoms with van der Waals surface area (Å²) in [5.74, 6) is 4.98. The smallest absolute Gasteiger partial charge is 0.157 e. The Labute approximate surface area is 193 Å². The van der Waals surface area contributed by atoms with Crippen molar-refractivity contribution in [1.29, 1.82) is 0 Å². The summed E-state index contributed by atoms with van der Waals surface area (Å²) in [4.78, 5) is 17.9. The molecule has 3 aliphatic carbocycles. The molecule has 0 N–H and O–H groups in total. The number of hydrogen-bond donors (Lipinski definition) is 0. The second-order valence-corrected chi connectivity index (χ2v) is 11.5. The fraction of sp³-hybridized carbons (Fsp3) is 0.750. The fourth-order valence-electron chi connectivity index (χ4n) is 8.49. The van der Waals surface area contributed by atoms with Crippen LogP contribution in [0.1, 0.15) is 84.3 Å². The second kappa shape index (κ2) is 8.57. The molecule has 3 aliphatic rings. The Morgan fingerprint density at radius 3 is 2.78 bits per heavy atom. The molecule has 32 heavy (non-hydrogen) atoms. The summed E-state index contributed by atoms with van der Waals surface area (Å²) in [6.45, 7) is 9.64. The summed E-state index contributed by atoms with van der Waals surface area (Å²) >= 11 is 0. The van der Waals surface area contributed by atoms with Gasteiger partial charge in [0, 0.05) is 23.2 Å². The van der Waals surface area contributed by atoms with Crippen LogP contribution in [0.4, 0.5) is 0 Å². The van der Waals surface area contributed by atoms with E-state index in [-0.39, 0.29) is 11.3 Å². The molecule has 174 valence electrons. The second-order valence-electron chi connectivity index (χ2n) is 11.5. The molecule has 0 amide bonds. The molecule has 0 spiro atoms. The molecule has 0 aliphatic heterocycles. The zero-order valence-corrected chi connectivity index (χ0v) is 20.5. The highest BCUT2D eigenvalue weighted by Crippen LogP contribution is 2.63. The maximum absolute atomic E-state index is 13.6. The highest BCUT2D eigenvalue weighted by Gasteiger charge is 2.57. The molecule has 3 saturated carbocycles. The molecule has 2 aromatic heterocycles. The summed E-state index contributed by atoms with van der Waals surface area (Å²) in [6.07, 6.45) is 15.7. The third kappa shape index (κ3) is 3.62. The number of Topliss-reactive ketones (excluding diaryl/α,β-unsaturated/α-hetero) is 1. The predicted octanol–water partition coefficient (Wildman–Crippen LogP) is 6.60. The Bertz CT molecular complexity index is 980. The van der Waals surface area contributed by atoms with E-state index in [0.29, 0.717) is 12.3 Å². The van der Waals surface area contributed by atoms with Gasteiger partial charge in [0.1, 0.15) is 5.52 Å². The maximum Gasteiger partial charge on any atom is 0.157 e. The molecular weight excluding hydrogens is 394 g/mol. The van der Waals surface area contributed by atoms with Crippen molar-refractivity contribution in [2.45, 2.75) is 92.0 Å². The van der Waals surface area contributed by atoms with E-state index in [9.17, 15) is 4.79 Å². The zero-order valence-electron chi connectivity index (χ0n) is 20.5. The van der Waals surface area contributed by atoms with E-state index in [1.807, 2.05) is 24.0 Å². The summed E-state index contributed by atoms with van der Waals surface area (Å²) in [5.41, 5.74) is 2.07. The van der Waals surface area contributed by atoms with Gasteiger partial charge in [-0.3, -0.25) is 14.5 Å². The molecular formula is C28H41N3O. The quantitative estimate of drug-likeness (QED) is 0.513. The van der Waals surface area contributed by atoms with Crippen molar-refractivity contribution in [1.82, 2.24) is 14.8 Å². The largest absolute Gasteiger partial charge is 0.297 e. The molecule has 5 rings (SSSR count). The Morgan fingerprint density at radius 1 is 1.16 bits per heavy atom. The molecule has 0 aromatic carbocycles. The SMILES string of the molecule is CCCC1C(CC)CCC2C1CCC1(C)C(C(=O)Cn3cc4cc(C)ncc4n3)CCC21. The van der Waals surface area contributed by atoms with Gasteiger partial charge in [-0.2, -0.15) is 5.10 Å². The van der Waals surface area contributed by atoms with Crippen LogP contribution < -0.4 is 0 Å². The van der Waals surface area contributed by atoms with Crippen molar-refractivity contribution in [3.05, 3.63) is 24.2 Å². The van der Waals surface area contributed by atoms with Crippen molar-refractivity contribution >= 4 is 16.7 Å². The lowest BCUT2D eigenvalue weighted by molar-refractivity contribution is -0.130. The van der Waals surface area contributed by atoms with E-state index in [2.05, 4.69) is 36.9 Å². The van der Waals surface area contributed by atoms with Crippen LogP contribution in [0.25, 0.3) is 10.9 Å². The lowest BCUT2D eigenvalue weighted by atomic mass is 9.50. The van der Waals surface area contributed by atoms with Crippen molar-refractivity contribution in [3.63, 3.8) is 0 Å². The molecule has 0 radical (unpaired) electrons. The highest BCUT2D eigenvalue weighted by atomic mass is 16.1. The Hall–Kier alpha value is -1.71. The summed E-state index contributed by atoms with van der Waals surface area (Å²) < 4.78 is 1.86. The first-order valence-electron chi connectivity index (χ1n) is 13.3. The number of rotatable bonds is 6. The fourth-order valence-corrected chi connectivity index (χ4v) is 8.49. The first kappa shape index (κ1) is 22.1. The van der Waals surface area contributed by atoms with Gasteiger partial charge in [-0.15, -0.1) is 0 Å². The van der Waals surface area contributed by atoms with E-state index in [4.69, 9.17) is 0 Å². The topological polar surface area (TPSA) is 47.8 Å². The number of nitrogens with zero attached hydrogens (tertiary/aromatic N) is 3. The Kier molecular flexibility index (Phi) is 5.92. The average molecular weight is 436 g/mol. The number of aryl methyl sites for hydroxylation is 1. The first-order chi connectivity index (χ1) is 15.4. The number of carbonyl (C=O) groups excluding carboxylic acids is 1. The van der Waals surface area contributed by atoms with Gasteiger partial charge in [0.2, 0.25) is 0 Å². The number of fused-ring (bicyclic) bond motifs is 4. The van der Waals surface area contributed by atoms with Gasteiger partial charge in [-0.1, -0.05) is 40.0 Å². The summed E-state index contributed by atoms with van der Waals surface area (Å²) in [5, 5.41) is 5.72. The summed E-state index contributed by atoms with van der Waals surface area (Å²) in [7, 11) is 0. The monoisotopic (exact) mass is 435 g/mol. The van der Waals surface area contributed by atoms with Gasteiger partial charge >= 0.3 is 0 Å². The number of aromatic nitrogens is 3.